The average Bonchev–Trinajstić information content (AvgIpc) is 3.67. The van der Waals surface area contributed by atoms with Crippen molar-refractivity contribution in [1.29, 1.82) is 0 Å². The number of nitrogens with zero attached hydrogens (tertiary/aromatic N) is 4. The summed E-state index contributed by atoms with van der Waals surface area (Å²) in [5.41, 5.74) is 11.3. The second-order valence-electron chi connectivity index (χ2n) is 12.4. The van der Waals surface area contributed by atoms with E-state index in [4.69, 9.17) is 21.6 Å². The summed E-state index contributed by atoms with van der Waals surface area (Å²) in [4.78, 5) is 10.4. The minimum absolute atomic E-state index is 0.639. The van der Waals surface area contributed by atoms with Crippen LogP contribution in [0.5, 0.6) is 0 Å². The molecule has 0 saturated heterocycles. The molecule has 0 bridgehead atoms. The van der Waals surface area contributed by atoms with E-state index in [0.717, 1.165) is 61.2 Å². The molecule has 0 spiro atoms. The highest BCUT2D eigenvalue weighted by Gasteiger charge is 2.21. The van der Waals surface area contributed by atoms with E-state index >= 15 is 0 Å². The summed E-state index contributed by atoms with van der Waals surface area (Å²) in [5.74, 6) is 0.751. The number of halogens is 1. The number of rotatable bonds is 4. The normalized spacial score (nSPS) is 11.8. The van der Waals surface area contributed by atoms with Crippen molar-refractivity contribution in [3.63, 3.8) is 0 Å². The van der Waals surface area contributed by atoms with Crippen LogP contribution in [0.15, 0.2) is 164 Å². The fraction of sp³-hybridized carbons (Fsp3) is 0. The molecule has 10 aromatic rings. The highest BCUT2D eigenvalue weighted by molar-refractivity contribution is 6.33. The number of hydrogen-bond donors (Lipinski definition) is 0. The fourth-order valence-electron chi connectivity index (χ4n) is 7.37. The van der Waals surface area contributed by atoms with Crippen molar-refractivity contribution in [2.45, 2.75) is 0 Å². The highest BCUT2D eigenvalue weighted by Crippen LogP contribution is 2.40. The van der Waals surface area contributed by atoms with Gasteiger partial charge in [0.05, 0.1) is 38.1 Å². The maximum absolute atomic E-state index is 6.80. The number of aromatic nitrogens is 4. The zero-order chi connectivity index (χ0) is 32.5. The third-order valence-corrected chi connectivity index (χ3v) is 9.92. The molecule has 0 radical (unpaired) electrons. The quantitative estimate of drug-likeness (QED) is 0.191. The topological polar surface area (TPSA) is 35.6 Å². The van der Waals surface area contributed by atoms with Crippen molar-refractivity contribution in [3.8, 4) is 33.9 Å². The summed E-state index contributed by atoms with van der Waals surface area (Å²) >= 11 is 6.80. The molecule has 0 atom stereocenters. The Morgan fingerprint density at radius 1 is 0.408 bits per heavy atom. The summed E-state index contributed by atoms with van der Waals surface area (Å²) < 4.78 is 4.59. The third kappa shape index (κ3) is 4.31. The van der Waals surface area contributed by atoms with Gasteiger partial charge in [-0.1, -0.05) is 109 Å². The van der Waals surface area contributed by atoms with Crippen molar-refractivity contribution >= 4 is 66.2 Å². The number of hydrogen-bond acceptors (Lipinski definition) is 2. The van der Waals surface area contributed by atoms with Gasteiger partial charge < -0.3 is 4.57 Å². The van der Waals surface area contributed by atoms with Crippen molar-refractivity contribution in [2.24, 2.45) is 0 Å². The fourth-order valence-corrected chi connectivity index (χ4v) is 7.59. The Morgan fingerprint density at radius 3 is 1.59 bits per heavy atom. The Bertz CT molecular complexity index is 2900. The summed E-state index contributed by atoms with van der Waals surface area (Å²) in [5, 5.41) is 5.42. The lowest BCUT2D eigenvalue weighted by molar-refractivity contribution is 1.08. The van der Waals surface area contributed by atoms with Crippen molar-refractivity contribution in [1.82, 2.24) is 19.1 Å². The van der Waals surface area contributed by atoms with Crippen LogP contribution in [-0.2, 0) is 0 Å². The van der Waals surface area contributed by atoms with Crippen LogP contribution in [0.1, 0.15) is 0 Å². The number of benzene rings is 7. The van der Waals surface area contributed by atoms with Gasteiger partial charge in [-0.25, -0.2) is 9.97 Å². The SMILES string of the molecule is Clc1ccccc1-c1nc2ccccc2nc1-n1c2ccccc2c2cc(-c3ccc4c(c3)c3ccccc3n4-c3ccccc3)ccc21. The van der Waals surface area contributed by atoms with Crippen LogP contribution in [0.3, 0.4) is 0 Å². The molecular weight excluding hydrogens is 620 g/mol. The standard InChI is InChI=1S/C44H27ClN4/c45-36-17-7-4-16-33(36)43-44(47-38-19-9-8-18-37(38)46-43)49-40-21-11-6-15-32(40)35-27-29(23-25-42(35)49)28-22-24-41-34(26-28)31-14-5-10-20-39(31)48(41)30-12-2-1-3-13-30/h1-27H. The van der Waals surface area contributed by atoms with Crippen LogP contribution >= 0.6 is 11.6 Å². The monoisotopic (exact) mass is 646 g/mol. The largest absolute Gasteiger partial charge is 0.309 e. The highest BCUT2D eigenvalue weighted by atomic mass is 35.5. The molecule has 10 rings (SSSR count). The predicted molar refractivity (Wildman–Crippen MR) is 204 cm³/mol. The Hall–Kier alpha value is -6.23. The van der Waals surface area contributed by atoms with Crippen LogP contribution in [0.4, 0.5) is 0 Å². The summed E-state index contributed by atoms with van der Waals surface area (Å²) in [6.45, 7) is 0. The third-order valence-electron chi connectivity index (χ3n) is 9.59. The van der Waals surface area contributed by atoms with E-state index in [-0.39, 0.29) is 0 Å². The molecule has 7 aromatic carbocycles. The second kappa shape index (κ2) is 10.9. The van der Waals surface area contributed by atoms with E-state index in [2.05, 4.69) is 124 Å². The molecule has 5 heteroatoms. The molecular formula is C44H27ClN4. The maximum atomic E-state index is 6.80. The summed E-state index contributed by atoms with van der Waals surface area (Å²) in [6.07, 6.45) is 0. The van der Waals surface area contributed by atoms with E-state index in [9.17, 15) is 0 Å². The zero-order valence-electron chi connectivity index (χ0n) is 26.3. The zero-order valence-corrected chi connectivity index (χ0v) is 27.0. The molecule has 0 aliphatic carbocycles. The first-order chi connectivity index (χ1) is 24.2. The van der Waals surface area contributed by atoms with E-state index in [1.807, 2.05) is 48.5 Å². The minimum atomic E-state index is 0.639. The van der Waals surface area contributed by atoms with E-state index in [1.54, 1.807) is 0 Å². The first-order valence-corrected chi connectivity index (χ1v) is 16.7. The molecule has 0 aliphatic rings. The van der Waals surface area contributed by atoms with E-state index < -0.39 is 0 Å². The van der Waals surface area contributed by atoms with Gasteiger partial charge in [-0.15, -0.1) is 0 Å². The lowest BCUT2D eigenvalue weighted by atomic mass is 10.0. The molecule has 4 nitrogen and oxygen atoms in total. The first kappa shape index (κ1) is 27.8. The molecule has 0 amide bonds. The Balaban J connectivity index is 1.21. The van der Waals surface area contributed by atoms with Crippen LogP contribution < -0.4 is 0 Å². The average molecular weight is 647 g/mol. The molecule has 0 saturated carbocycles. The molecule has 0 N–H and O–H groups in total. The van der Waals surface area contributed by atoms with Crippen LogP contribution in [-0.4, -0.2) is 19.1 Å². The van der Waals surface area contributed by atoms with E-state index in [0.29, 0.717) is 5.02 Å². The van der Waals surface area contributed by atoms with Gasteiger partial charge in [0.1, 0.15) is 5.69 Å². The van der Waals surface area contributed by atoms with Crippen LogP contribution in [0, 0.1) is 0 Å². The molecule has 49 heavy (non-hydrogen) atoms. The lowest BCUT2D eigenvalue weighted by Crippen LogP contribution is -2.04. The molecule has 3 heterocycles. The van der Waals surface area contributed by atoms with Gasteiger partial charge in [0.15, 0.2) is 5.82 Å². The van der Waals surface area contributed by atoms with Crippen LogP contribution in [0.2, 0.25) is 5.02 Å². The van der Waals surface area contributed by atoms with Crippen LogP contribution in [0.25, 0.3) is 88.5 Å². The van der Waals surface area contributed by atoms with Crippen molar-refractivity contribution < 1.29 is 0 Å². The van der Waals surface area contributed by atoms with Gasteiger partial charge in [0.2, 0.25) is 0 Å². The van der Waals surface area contributed by atoms with Gasteiger partial charge in [-0.3, -0.25) is 4.57 Å². The van der Waals surface area contributed by atoms with Crippen molar-refractivity contribution in [3.05, 3.63) is 169 Å². The van der Waals surface area contributed by atoms with Gasteiger partial charge >= 0.3 is 0 Å². The Kier molecular flexibility index (Phi) is 6.20. The lowest BCUT2D eigenvalue weighted by Gasteiger charge is -2.14. The smallest absolute Gasteiger partial charge is 0.165 e. The number of fused-ring (bicyclic) bond motifs is 7. The Labute approximate surface area is 287 Å². The minimum Gasteiger partial charge on any atom is -0.309 e. The molecule has 0 unspecified atom stereocenters. The first-order valence-electron chi connectivity index (χ1n) is 16.4. The summed E-state index contributed by atoms with van der Waals surface area (Å²) in [7, 11) is 0. The molecule has 0 aliphatic heterocycles. The molecule has 3 aromatic heterocycles. The second-order valence-corrected chi connectivity index (χ2v) is 12.8. The van der Waals surface area contributed by atoms with Crippen molar-refractivity contribution in [2.75, 3.05) is 0 Å². The van der Waals surface area contributed by atoms with Gasteiger partial charge in [0, 0.05) is 32.8 Å². The molecule has 0 fully saturated rings. The Morgan fingerprint density at radius 2 is 0.918 bits per heavy atom. The summed E-state index contributed by atoms with van der Waals surface area (Å²) in [6, 6.07) is 57.2. The van der Waals surface area contributed by atoms with Gasteiger partial charge in [-0.2, -0.15) is 0 Å². The van der Waals surface area contributed by atoms with Gasteiger partial charge in [-0.05, 0) is 77.9 Å². The number of para-hydroxylation sites is 5. The maximum Gasteiger partial charge on any atom is 0.165 e. The van der Waals surface area contributed by atoms with Gasteiger partial charge in [0.25, 0.3) is 0 Å². The predicted octanol–water partition coefficient (Wildman–Crippen LogP) is 11.8. The molecule has 230 valence electrons. The van der Waals surface area contributed by atoms with E-state index in [1.165, 1.54) is 27.4 Å².